The molecule has 0 radical (unpaired) electrons. The summed E-state index contributed by atoms with van der Waals surface area (Å²) in [6, 6.07) is 24.2. The van der Waals surface area contributed by atoms with Crippen molar-refractivity contribution in [2.75, 3.05) is 13.1 Å². The van der Waals surface area contributed by atoms with Crippen LogP contribution in [-0.2, 0) is 35.3 Å². The maximum absolute atomic E-state index is 13.9. The Bertz CT molecular complexity index is 3990. The molecule has 9 aromatic rings. The molecule has 18 heteroatoms. The number of benzene rings is 1. The molecule has 0 unspecified atom stereocenters. The van der Waals surface area contributed by atoms with E-state index in [4.69, 9.17) is 34.4 Å². The van der Waals surface area contributed by atoms with Crippen LogP contribution in [0.1, 0.15) is 292 Å². The van der Waals surface area contributed by atoms with Crippen molar-refractivity contribution in [2.45, 2.75) is 286 Å². The number of carbonyl (C=O) groups excluding carboxylic acids is 2. The fraction of sp³-hybridized carbons (Fsp3) is 0.535. The molecule has 0 aliphatic carbocycles. The minimum absolute atomic E-state index is 0.0677. The van der Waals surface area contributed by atoms with Gasteiger partial charge >= 0.3 is 441 Å². The molecular weight excluding hydrogens is 1600 g/mol. The Labute approximate surface area is 678 Å². The van der Waals surface area contributed by atoms with Gasteiger partial charge in [0.25, 0.3) is 11.8 Å². The van der Waals surface area contributed by atoms with Crippen LogP contribution >= 0.6 is 116 Å². The van der Waals surface area contributed by atoms with Crippen LogP contribution in [0.25, 0.3) is 89.6 Å². The first-order chi connectivity index (χ1) is 51.0. The second kappa shape index (κ2) is 43.1. The van der Waals surface area contributed by atoms with E-state index in [2.05, 4.69) is 114 Å². The van der Waals surface area contributed by atoms with Crippen LogP contribution in [0.2, 0.25) is 0 Å². The van der Waals surface area contributed by atoms with Crippen LogP contribution in [-0.4, -0.2) is 82.3 Å². The van der Waals surface area contributed by atoms with E-state index in [1.165, 1.54) is 305 Å². The third-order valence-electron chi connectivity index (χ3n) is 20.2. The molecule has 0 N–H and O–H groups in total. The summed E-state index contributed by atoms with van der Waals surface area (Å²) in [5.74, 6) is 0.147. The van der Waals surface area contributed by atoms with Crippen molar-refractivity contribution in [1.82, 2.24) is 19.8 Å². The molecule has 0 spiro atoms. The Kier molecular flexibility index (Phi) is 34.0. The van der Waals surface area contributed by atoms with Crippen molar-refractivity contribution < 1.29 is 9.59 Å². The van der Waals surface area contributed by atoms with Gasteiger partial charge in [-0.25, -0.2) is 0 Å². The Morgan fingerprint density at radius 1 is 0.346 bits per heavy atom. The molecule has 558 valence electrons. The quantitative estimate of drug-likeness (QED) is 0.0162. The molecule has 2 amide bonds. The SMILES string of the molecule is CCCCCCCCc1cc(/C=C2\SC(=S)N(CCCCCCC)C2=O)sc1-c1ccc(-c2sc(-c3nc4cc5[se]c(-c6cc(CCCCCCCC)c(-c7ccc(-c8sc(/C=C9\SC(=S)N(CCCCCCC)C9=O)cc8CCCCCCCC)s7)s6)nc5cc4[se]3)cc2CCCCCCCC)s1. The summed E-state index contributed by atoms with van der Waals surface area (Å²) in [7, 11) is 0. The van der Waals surface area contributed by atoms with Gasteiger partial charge in [0.05, 0.1) is 0 Å². The van der Waals surface area contributed by atoms with Crippen molar-refractivity contribution in [2.24, 2.45) is 0 Å². The van der Waals surface area contributed by atoms with Gasteiger partial charge in [-0.1, -0.05) is 178 Å². The topological polar surface area (TPSA) is 66.4 Å². The Hall–Kier alpha value is -2.90. The van der Waals surface area contributed by atoms with Crippen LogP contribution in [0, 0.1) is 0 Å². The number of unbranched alkanes of at least 4 members (excludes halogenated alkanes) is 28. The fourth-order valence-electron chi connectivity index (χ4n) is 14.2. The number of aromatic nitrogens is 2. The van der Waals surface area contributed by atoms with Crippen LogP contribution in [0.5, 0.6) is 0 Å². The molecular formula is C86H110N4O2S10Se2. The maximum atomic E-state index is 13.9. The van der Waals surface area contributed by atoms with Gasteiger partial charge in [-0.15, -0.1) is 0 Å². The van der Waals surface area contributed by atoms with Gasteiger partial charge < -0.3 is 0 Å². The van der Waals surface area contributed by atoms with Gasteiger partial charge in [-0.3, -0.25) is 19.4 Å². The number of nitrogens with zero attached hydrogens (tertiary/aromatic N) is 4. The fourth-order valence-corrected chi connectivity index (χ4v) is 28.7. The number of amides is 2. The van der Waals surface area contributed by atoms with E-state index in [1.807, 2.05) is 77.8 Å². The first kappa shape index (κ1) is 82.1. The summed E-state index contributed by atoms with van der Waals surface area (Å²) >= 11 is 26.3. The van der Waals surface area contributed by atoms with E-state index < -0.39 is 0 Å². The monoisotopic (exact) mass is 1710 g/mol. The van der Waals surface area contributed by atoms with Crippen LogP contribution < -0.4 is 0 Å². The molecule has 6 nitrogen and oxygen atoms in total. The molecule has 11 rings (SSSR count). The average molecular weight is 1710 g/mol. The van der Waals surface area contributed by atoms with Crippen molar-refractivity contribution in [3.63, 3.8) is 0 Å². The number of thioether (sulfide) groups is 2. The summed E-state index contributed by atoms with van der Waals surface area (Å²) < 4.78 is 6.61. The van der Waals surface area contributed by atoms with Gasteiger partial charge in [0.15, 0.2) is 0 Å². The van der Waals surface area contributed by atoms with E-state index in [9.17, 15) is 9.59 Å². The van der Waals surface area contributed by atoms with Crippen LogP contribution in [0.4, 0.5) is 0 Å². The van der Waals surface area contributed by atoms with E-state index in [1.54, 1.807) is 0 Å². The Morgan fingerprint density at radius 2 is 0.635 bits per heavy atom. The Balaban J connectivity index is 0.854. The van der Waals surface area contributed by atoms with Crippen LogP contribution in [0.3, 0.4) is 0 Å². The number of thiophene rings is 6. The van der Waals surface area contributed by atoms with Crippen molar-refractivity contribution in [3.8, 4) is 57.9 Å². The zero-order chi connectivity index (χ0) is 72.6. The number of hydrogen-bond acceptors (Lipinski definition) is 14. The molecule has 2 aliphatic rings. The predicted octanol–water partition coefficient (Wildman–Crippen LogP) is 29.2. The summed E-state index contributed by atoms with van der Waals surface area (Å²) in [4.78, 5) is 60.0. The molecule has 0 atom stereocenters. The molecule has 1 aromatic carbocycles. The van der Waals surface area contributed by atoms with Crippen molar-refractivity contribution in [3.05, 3.63) is 102 Å². The van der Waals surface area contributed by atoms with Gasteiger partial charge in [-0.2, -0.15) is 0 Å². The van der Waals surface area contributed by atoms with Gasteiger partial charge in [0.1, 0.15) is 8.64 Å². The molecule has 10 heterocycles. The summed E-state index contributed by atoms with van der Waals surface area (Å²) in [5.41, 5.74) is 8.07. The first-order valence-corrected chi connectivity index (χ1v) is 50.7. The Morgan fingerprint density at radius 3 is 0.962 bits per heavy atom. The average Bonchev–Trinajstić information content (AvgIpc) is 1.62. The molecule has 104 heavy (non-hydrogen) atoms. The molecule has 2 fully saturated rings. The van der Waals surface area contributed by atoms with Gasteiger partial charge in [0, 0.05) is 13.1 Å². The normalized spacial score (nSPS) is 14.4. The number of rotatable bonds is 48. The zero-order valence-electron chi connectivity index (χ0n) is 62.7. The molecule has 2 aliphatic heterocycles. The number of carbonyl (C=O) groups is 2. The van der Waals surface area contributed by atoms with E-state index in [0.29, 0.717) is 21.7 Å². The summed E-state index contributed by atoms with van der Waals surface area (Å²) in [6.07, 6.45) is 50.7. The number of fused-ring (bicyclic) bond motifs is 2. The first-order valence-electron chi connectivity index (χ1n) is 39.9. The molecule has 8 aromatic heterocycles. The second-order valence-electron chi connectivity index (χ2n) is 28.7. The van der Waals surface area contributed by atoms with Crippen LogP contribution in [0.15, 0.2) is 70.5 Å². The molecule has 0 saturated carbocycles. The van der Waals surface area contributed by atoms with Crippen molar-refractivity contribution in [1.29, 1.82) is 0 Å². The number of aryl methyl sites for hydroxylation is 4. The van der Waals surface area contributed by atoms with E-state index in [0.717, 1.165) is 82.0 Å². The molecule has 2 saturated heterocycles. The summed E-state index contributed by atoms with van der Waals surface area (Å²) in [5, 5.41) is 0. The third kappa shape index (κ3) is 22.7. The minimum atomic E-state index is 0.0677. The zero-order valence-corrected chi connectivity index (χ0v) is 74.3. The number of thiocarbonyl (C=S) groups is 2. The molecule has 0 bridgehead atoms. The second-order valence-corrected chi connectivity index (χ2v) is 42.8. The van der Waals surface area contributed by atoms with E-state index in [-0.39, 0.29) is 40.8 Å². The standard InChI is InChI=1S/C86H110N4O2S10Se2/c1-7-13-19-25-29-35-41-59-51-63(55-73-83(91)89(85(93)101-73)49-39-33-23-17-11-5)95-77(59)67-45-47-69(97-67)79-61(43-37-31-27-21-15-9-3)53-71(99-79)81-87-65-57-76-66(58-75(65)103-81)88-82(104-76)72-54-62(44-38-32-28-22-16-10-4)80(100-72)70-48-46-68(98-70)78-60(42-36-30-26-20-14-8-2)52-64(96-78)56-74-84(92)90(86(94)102-74)50-40-34-24-18-12-6/h45-48,51-58H,7-44,49-50H2,1-6H3/b73-55-,74-56-. The predicted molar refractivity (Wildman–Crippen MR) is 476 cm³/mol. The number of hydrogen-bond donors (Lipinski definition) is 0. The van der Waals surface area contributed by atoms with Crippen molar-refractivity contribution >= 4 is 197 Å². The van der Waals surface area contributed by atoms with E-state index >= 15 is 0 Å². The third-order valence-corrected chi connectivity index (χ3v) is 35.4. The van der Waals surface area contributed by atoms with Gasteiger partial charge in [0.2, 0.25) is 0 Å². The summed E-state index contributed by atoms with van der Waals surface area (Å²) in [6.45, 7) is 15.1. The van der Waals surface area contributed by atoms with Gasteiger partial charge in [-0.05, 0) is 12.8 Å².